The Labute approximate surface area is 116 Å². The number of rotatable bonds is 4. The summed E-state index contributed by atoms with van der Waals surface area (Å²) in [5, 5.41) is 9.31. The van der Waals surface area contributed by atoms with Gasteiger partial charge in [0, 0.05) is 6.07 Å². The monoisotopic (exact) mass is 294 g/mol. The highest BCUT2D eigenvalue weighted by Gasteiger charge is 2.15. The molecule has 0 unspecified atom stereocenters. The molecule has 0 amide bonds. The van der Waals surface area contributed by atoms with Gasteiger partial charge >= 0.3 is 0 Å². The first kappa shape index (κ1) is 14.0. The highest BCUT2D eigenvalue weighted by Crippen LogP contribution is 2.25. The Balaban J connectivity index is 2.32. The summed E-state index contributed by atoms with van der Waals surface area (Å²) in [7, 11) is -2.28. The van der Waals surface area contributed by atoms with Crippen LogP contribution in [0.15, 0.2) is 47.4 Å². The third-order valence-electron chi connectivity index (χ3n) is 2.63. The average molecular weight is 294 g/mol. The largest absolute Gasteiger partial charge is 0.506 e. The van der Waals surface area contributed by atoms with E-state index in [9.17, 15) is 13.5 Å². The lowest BCUT2D eigenvalue weighted by atomic mass is 10.3. The summed E-state index contributed by atoms with van der Waals surface area (Å²) in [6.07, 6.45) is 0. The quantitative estimate of drug-likeness (QED) is 0.589. The highest BCUT2D eigenvalue weighted by atomic mass is 32.2. The zero-order chi connectivity index (χ0) is 14.8. The molecule has 0 saturated heterocycles. The number of anilines is 2. The van der Waals surface area contributed by atoms with Gasteiger partial charge in [-0.3, -0.25) is 4.72 Å². The van der Waals surface area contributed by atoms with Crippen LogP contribution < -0.4 is 15.2 Å². The second-order valence-corrected chi connectivity index (χ2v) is 5.74. The number of benzene rings is 2. The van der Waals surface area contributed by atoms with E-state index in [-0.39, 0.29) is 16.3 Å². The van der Waals surface area contributed by atoms with Gasteiger partial charge in [-0.25, -0.2) is 8.42 Å². The molecule has 2 rings (SSSR count). The molecule has 0 aromatic heterocycles. The average Bonchev–Trinajstić information content (AvgIpc) is 2.41. The third kappa shape index (κ3) is 2.94. The lowest BCUT2D eigenvalue weighted by Gasteiger charge is -2.10. The van der Waals surface area contributed by atoms with Gasteiger partial charge in [0.1, 0.15) is 11.5 Å². The SMILES string of the molecule is COc1cccc(NS(=O)(=O)c2ccc(O)c(N)c2)c1. The van der Waals surface area contributed by atoms with Crippen molar-refractivity contribution < 1.29 is 18.3 Å². The van der Waals surface area contributed by atoms with Gasteiger partial charge in [-0.15, -0.1) is 0 Å². The third-order valence-corrected chi connectivity index (χ3v) is 4.01. The minimum atomic E-state index is -3.77. The lowest BCUT2D eigenvalue weighted by molar-refractivity contribution is 0.415. The first-order chi connectivity index (χ1) is 9.42. The molecular weight excluding hydrogens is 280 g/mol. The number of phenols is 1. The summed E-state index contributed by atoms with van der Waals surface area (Å²) in [5.41, 5.74) is 5.86. The molecule has 106 valence electrons. The fourth-order valence-electron chi connectivity index (χ4n) is 1.60. The van der Waals surface area contributed by atoms with E-state index in [2.05, 4.69) is 4.72 Å². The molecular formula is C13H14N2O4S. The molecule has 6 nitrogen and oxygen atoms in total. The molecule has 0 saturated carbocycles. The Morgan fingerprint density at radius 1 is 1.20 bits per heavy atom. The predicted octanol–water partition coefficient (Wildman–Crippen LogP) is 1.78. The molecule has 2 aromatic carbocycles. The van der Waals surface area contributed by atoms with Crippen molar-refractivity contribution in [3.05, 3.63) is 42.5 Å². The van der Waals surface area contributed by atoms with E-state index < -0.39 is 10.0 Å². The van der Waals surface area contributed by atoms with Crippen molar-refractivity contribution >= 4 is 21.4 Å². The minimum absolute atomic E-state index is 0.00137. The molecule has 4 N–H and O–H groups in total. The smallest absolute Gasteiger partial charge is 0.261 e. The van der Waals surface area contributed by atoms with Crippen LogP contribution in [0.4, 0.5) is 11.4 Å². The summed E-state index contributed by atoms with van der Waals surface area (Å²) in [6.45, 7) is 0. The summed E-state index contributed by atoms with van der Waals surface area (Å²) < 4.78 is 31.8. The highest BCUT2D eigenvalue weighted by molar-refractivity contribution is 7.92. The molecule has 2 aromatic rings. The van der Waals surface area contributed by atoms with Gasteiger partial charge in [0.2, 0.25) is 0 Å². The maximum absolute atomic E-state index is 12.2. The van der Waals surface area contributed by atoms with Crippen LogP contribution in [0.3, 0.4) is 0 Å². The molecule has 0 spiro atoms. The number of sulfonamides is 1. The van der Waals surface area contributed by atoms with E-state index in [1.54, 1.807) is 24.3 Å². The predicted molar refractivity (Wildman–Crippen MR) is 76.3 cm³/mol. The molecule has 7 heteroatoms. The number of methoxy groups -OCH3 is 1. The van der Waals surface area contributed by atoms with Gasteiger partial charge in [0.25, 0.3) is 10.0 Å². The molecule has 0 atom stereocenters. The Bertz CT molecular complexity index is 729. The number of phenolic OH excluding ortho intramolecular Hbond substituents is 1. The number of ether oxygens (including phenoxy) is 1. The summed E-state index contributed by atoms with van der Waals surface area (Å²) in [4.78, 5) is -0.0318. The Morgan fingerprint density at radius 2 is 1.95 bits per heavy atom. The van der Waals surface area contributed by atoms with Crippen LogP contribution in [0.25, 0.3) is 0 Å². The van der Waals surface area contributed by atoms with E-state index in [0.717, 1.165) is 0 Å². The number of aromatic hydroxyl groups is 1. The summed E-state index contributed by atoms with van der Waals surface area (Å²) in [6, 6.07) is 10.2. The van der Waals surface area contributed by atoms with Crippen LogP contribution in [0.2, 0.25) is 0 Å². The standard InChI is InChI=1S/C13H14N2O4S/c1-19-10-4-2-3-9(7-10)15-20(17,18)11-5-6-13(16)12(14)8-11/h2-8,15-16H,14H2,1H3. The maximum Gasteiger partial charge on any atom is 0.261 e. The molecule has 0 aliphatic heterocycles. The van der Waals surface area contributed by atoms with Gasteiger partial charge in [-0.2, -0.15) is 0 Å². The number of hydrogen-bond acceptors (Lipinski definition) is 5. The molecule has 0 radical (unpaired) electrons. The molecule has 0 bridgehead atoms. The van der Waals surface area contributed by atoms with Gasteiger partial charge in [-0.05, 0) is 30.3 Å². The van der Waals surface area contributed by atoms with Gasteiger partial charge in [0.15, 0.2) is 0 Å². The van der Waals surface area contributed by atoms with Crippen molar-refractivity contribution in [2.24, 2.45) is 0 Å². The first-order valence-corrected chi connectivity index (χ1v) is 7.16. The molecule has 20 heavy (non-hydrogen) atoms. The zero-order valence-corrected chi connectivity index (χ0v) is 11.5. The van der Waals surface area contributed by atoms with Crippen molar-refractivity contribution in [3.8, 4) is 11.5 Å². The van der Waals surface area contributed by atoms with Crippen LogP contribution in [-0.2, 0) is 10.0 Å². The number of nitrogens with one attached hydrogen (secondary N) is 1. The topological polar surface area (TPSA) is 102 Å². The second-order valence-electron chi connectivity index (χ2n) is 4.06. The van der Waals surface area contributed by atoms with Crippen molar-refractivity contribution in [2.45, 2.75) is 4.90 Å². The summed E-state index contributed by atoms with van der Waals surface area (Å²) in [5.74, 6) is 0.376. The molecule has 0 aliphatic rings. The van der Waals surface area contributed by atoms with Crippen LogP contribution in [-0.4, -0.2) is 20.6 Å². The molecule has 0 heterocycles. The number of nitrogen functional groups attached to an aromatic ring is 1. The summed E-state index contributed by atoms with van der Waals surface area (Å²) >= 11 is 0. The van der Waals surface area contributed by atoms with E-state index in [1.165, 1.54) is 25.3 Å². The Morgan fingerprint density at radius 3 is 2.60 bits per heavy atom. The van der Waals surface area contributed by atoms with Gasteiger partial charge in [0.05, 0.1) is 23.4 Å². The van der Waals surface area contributed by atoms with Crippen molar-refractivity contribution in [1.82, 2.24) is 0 Å². The van der Waals surface area contributed by atoms with E-state index in [4.69, 9.17) is 10.5 Å². The zero-order valence-electron chi connectivity index (χ0n) is 10.7. The van der Waals surface area contributed by atoms with Crippen LogP contribution in [0, 0.1) is 0 Å². The fraction of sp³-hybridized carbons (Fsp3) is 0.0769. The lowest BCUT2D eigenvalue weighted by Crippen LogP contribution is -2.13. The van der Waals surface area contributed by atoms with E-state index in [0.29, 0.717) is 11.4 Å². The Hall–Kier alpha value is -2.41. The van der Waals surface area contributed by atoms with Crippen LogP contribution >= 0.6 is 0 Å². The van der Waals surface area contributed by atoms with E-state index in [1.807, 2.05) is 0 Å². The van der Waals surface area contributed by atoms with Crippen LogP contribution in [0.1, 0.15) is 0 Å². The molecule has 0 fully saturated rings. The van der Waals surface area contributed by atoms with Gasteiger partial charge in [-0.1, -0.05) is 6.07 Å². The van der Waals surface area contributed by atoms with Crippen LogP contribution in [0.5, 0.6) is 11.5 Å². The maximum atomic E-state index is 12.2. The Kier molecular flexibility index (Phi) is 3.71. The van der Waals surface area contributed by atoms with Gasteiger partial charge < -0.3 is 15.6 Å². The molecule has 0 aliphatic carbocycles. The first-order valence-electron chi connectivity index (χ1n) is 5.68. The van der Waals surface area contributed by atoms with Crippen molar-refractivity contribution in [3.63, 3.8) is 0 Å². The minimum Gasteiger partial charge on any atom is -0.506 e. The number of hydrogen-bond donors (Lipinski definition) is 3. The van der Waals surface area contributed by atoms with E-state index >= 15 is 0 Å². The fourth-order valence-corrected chi connectivity index (χ4v) is 2.68. The normalized spacial score (nSPS) is 11.1. The second kappa shape index (κ2) is 5.30. The van der Waals surface area contributed by atoms with Crippen molar-refractivity contribution in [2.75, 3.05) is 17.6 Å². The van der Waals surface area contributed by atoms with Crippen molar-refractivity contribution in [1.29, 1.82) is 0 Å². The number of nitrogens with two attached hydrogens (primary N) is 1.